The van der Waals surface area contributed by atoms with Gasteiger partial charge >= 0.3 is 11.9 Å². The van der Waals surface area contributed by atoms with Gasteiger partial charge in [0.2, 0.25) is 0 Å². The van der Waals surface area contributed by atoms with Crippen LogP contribution in [0.5, 0.6) is 0 Å². The van der Waals surface area contributed by atoms with Crippen LogP contribution in [-0.4, -0.2) is 22.2 Å². The molecule has 0 radical (unpaired) electrons. The van der Waals surface area contributed by atoms with Crippen molar-refractivity contribution in [3.05, 3.63) is 21.4 Å². The van der Waals surface area contributed by atoms with Crippen molar-refractivity contribution in [3.63, 3.8) is 0 Å². The highest BCUT2D eigenvalue weighted by Crippen LogP contribution is 2.31. The number of aromatic carboxylic acids is 2. The molecule has 0 spiro atoms. The van der Waals surface area contributed by atoms with Crippen molar-refractivity contribution >= 4 is 23.3 Å². The molecule has 5 heteroatoms. The first-order valence-electron chi connectivity index (χ1n) is 5.57. The fourth-order valence-corrected chi connectivity index (χ4v) is 2.67. The van der Waals surface area contributed by atoms with E-state index in [1.807, 2.05) is 6.92 Å². The van der Waals surface area contributed by atoms with E-state index < -0.39 is 11.9 Å². The number of carboxylic acid groups (broad SMARTS) is 2. The van der Waals surface area contributed by atoms with E-state index in [2.05, 4.69) is 6.92 Å². The molecule has 1 heterocycles. The van der Waals surface area contributed by atoms with Crippen LogP contribution in [0.15, 0.2) is 6.07 Å². The molecule has 0 aromatic carbocycles. The van der Waals surface area contributed by atoms with E-state index in [0.29, 0.717) is 5.56 Å². The smallest absolute Gasteiger partial charge is 0.346 e. The van der Waals surface area contributed by atoms with Crippen LogP contribution in [0.25, 0.3) is 0 Å². The minimum atomic E-state index is -1.06. The molecule has 1 atom stereocenters. The first kappa shape index (κ1) is 13.7. The molecule has 1 aromatic rings. The van der Waals surface area contributed by atoms with Gasteiger partial charge in [-0.2, -0.15) is 0 Å². The third kappa shape index (κ3) is 3.30. The Balaban J connectivity index is 3.03. The Morgan fingerprint density at radius 2 is 2.00 bits per heavy atom. The highest BCUT2D eigenvalue weighted by molar-refractivity contribution is 7.16. The molecule has 2 N–H and O–H groups in total. The van der Waals surface area contributed by atoms with Gasteiger partial charge in [-0.3, -0.25) is 0 Å². The summed E-state index contributed by atoms with van der Waals surface area (Å²) in [6, 6.07) is 1.50. The summed E-state index contributed by atoms with van der Waals surface area (Å²) in [4.78, 5) is 22.2. The third-order valence-corrected chi connectivity index (χ3v) is 3.81. The minimum absolute atomic E-state index is 0.0883. The van der Waals surface area contributed by atoms with Crippen molar-refractivity contribution in [2.45, 2.75) is 39.0 Å². The fraction of sp³-hybridized carbons (Fsp3) is 0.500. The van der Waals surface area contributed by atoms with Gasteiger partial charge in [0.1, 0.15) is 9.75 Å². The lowest BCUT2D eigenvalue weighted by molar-refractivity contribution is 0.0692. The molecule has 0 amide bonds. The Bertz CT molecular complexity index is 422. The van der Waals surface area contributed by atoms with E-state index >= 15 is 0 Å². The van der Waals surface area contributed by atoms with Gasteiger partial charge in [-0.1, -0.05) is 26.7 Å². The summed E-state index contributed by atoms with van der Waals surface area (Å²) in [6.45, 7) is 4.01. The lowest BCUT2D eigenvalue weighted by Crippen LogP contribution is -2.01. The van der Waals surface area contributed by atoms with Gasteiger partial charge in [0, 0.05) is 0 Å². The third-order valence-electron chi connectivity index (χ3n) is 2.69. The van der Waals surface area contributed by atoms with E-state index in [4.69, 9.17) is 10.2 Å². The number of thiophene rings is 1. The summed E-state index contributed by atoms with van der Waals surface area (Å²) in [5.41, 5.74) is 0.647. The fourth-order valence-electron chi connectivity index (χ4n) is 1.71. The van der Waals surface area contributed by atoms with Crippen LogP contribution in [0.2, 0.25) is 0 Å². The topological polar surface area (TPSA) is 74.6 Å². The molecule has 17 heavy (non-hydrogen) atoms. The highest BCUT2D eigenvalue weighted by Gasteiger charge is 2.21. The minimum Gasteiger partial charge on any atom is -0.477 e. The van der Waals surface area contributed by atoms with Crippen molar-refractivity contribution < 1.29 is 19.8 Å². The summed E-state index contributed by atoms with van der Waals surface area (Å²) in [7, 11) is 0. The van der Waals surface area contributed by atoms with Gasteiger partial charge in [0.05, 0.1) is 0 Å². The molecule has 0 bridgehead atoms. The number of unbranched alkanes of at least 4 members (excludes halogenated alkanes) is 1. The summed E-state index contributed by atoms with van der Waals surface area (Å²) >= 11 is 0.838. The van der Waals surface area contributed by atoms with Crippen molar-refractivity contribution in [1.82, 2.24) is 0 Å². The number of hydrogen-bond acceptors (Lipinski definition) is 3. The van der Waals surface area contributed by atoms with E-state index in [-0.39, 0.29) is 15.7 Å². The maximum atomic E-state index is 11.1. The first-order valence-corrected chi connectivity index (χ1v) is 6.39. The summed E-state index contributed by atoms with van der Waals surface area (Å²) in [5.74, 6) is -2.02. The summed E-state index contributed by atoms with van der Waals surface area (Å²) in [6.07, 6.45) is 2.94. The number of carbonyl (C=O) groups is 2. The van der Waals surface area contributed by atoms with Crippen LogP contribution >= 0.6 is 11.3 Å². The molecule has 0 saturated carbocycles. The predicted molar refractivity (Wildman–Crippen MR) is 66.2 cm³/mol. The summed E-state index contributed by atoms with van der Waals surface area (Å²) in [5, 5.41) is 17.9. The SMILES string of the molecule is CCCCC(C)c1cc(C(=O)O)sc1C(=O)O. The zero-order chi connectivity index (χ0) is 13.0. The van der Waals surface area contributed by atoms with Crippen molar-refractivity contribution in [3.8, 4) is 0 Å². The van der Waals surface area contributed by atoms with Crippen LogP contribution in [0.1, 0.15) is 63.9 Å². The molecule has 0 aliphatic heterocycles. The zero-order valence-corrected chi connectivity index (χ0v) is 10.7. The second-order valence-corrected chi connectivity index (χ2v) is 5.10. The molecule has 1 unspecified atom stereocenters. The van der Waals surface area contributed by atoms with Gasteiger partial charge in [-0.15, -0.1) is 11.3 Å². The predicted octanol–water partition coefficient (Wildman–Crippen LogP) is 3.44. The van der Waals surface area contributed by atoms with E-state index in [1.54, 1.807) is 0 Å². The summed E-state index contributed by atoms with van der Waals surface area (Å²) < 4.78 is 0. The lowest BCUT2D eigenvalue weighted by atomic mass is 9.95. The second kappa shape index (κ2) is 5.82. The molecule has 0 fully saturated rings. The molecule has 1 aromatic heterocycles. The Morgan fingerprint density at radius 3 is 2.47 bits per heavy atom. The van der Waals surface area contributed by atoms with Crippen LogP contribution in [-0.2, 0) is 0 Å². The average Bonchev–Trinajstić information content (AvgIpc) is 2.70. The Morgan fingerprint density at radius 1 is 1.35 bits per heavy atom. The van der Waals surface area contributed by atoms with Crippen LogP contribution in [0, 0.1) is 0 Å². The lowest BCUT2D eigenvalue weighted by Gasteiger charge is -2.09. The van der Waals surface area contributed by atoms with Crippen LogP contribution in [0.4, 0.5) is 0 Å². The van der Waals surface area contributed by atoms with Crippen LogP contribution < -0.4 is 0 Å². The highest BCUT2D eigenvalue weighted by atomic mass is 32.1. The molecule has 0 aliphatic carbocycles. The number of carboxylic acids is 2. The molecule has 1 rings (SSSR count). The normalized spacial score (nSPS) is 12.4. The van der Waals surface area contributed by atoms with Gasteiger partial charge < -0.3 is 10.2 Å². The van der Waals surface area contributed by atoms with Crippen molar-refractivity contribution in [2.75, 3.05) is 0 Å². The Hall–Kier alpha value is -1.36. The maximum absolute atomic E-state index is 11.1. The van der Waals surface area contributed by atoms with Gasteiger partial charge in [0.25, 0.3) is 0 Å². The quantitative estimate of drug-likeness (QED) is 0.817. The molecule has 4 nitrogen and oxygen atoms in total. The molecule has 0 aliphatic rings. The van der Waals surface area contributed by atoms with Gasteiger partial charge in [-0.25, -0.2) is 9.59 Å². The maximum Gasteiger partial charge on any atom is 0.346 e. The number of hydrogen-bond donors (Lipinski definition) is 2. The second-order valence-electron chi connectivity index (χ2n) is 4.05. The standard InChI is InChI=1S/C12H16O4S/c1-3-4-5-7(2)8-6-9(11(13)14)17-10(8)12(15)16/h6-7H,3-5H2,1-2H3,(H,13,14)(H,15,16). The molecule has 94 valence electrons. The van der Waals surface area contributed by atoms with Gasteiger partial charge in [-0.05, 0) is 24.0 Å². The Kier molecular flexibility index (Phi) is 4.69. The van der Waals surface area contributed by atoms with Crippen molar-refractivity contribution in [1.29, 1.82) is 0 Å². The first-order chi connectivity index (χ1) is 7.97. The average molecular weight is 256 g/mol. The van der Waals surface area contributed by atoms with E-state index in [0.717, 1.165) is 30.6 Å². The van der Waals surface area contributed by atoms with Crippen LogP contribution in [0.3, 0.4) is 0 Å². The molecule has 0 saturated heterocycles. The Labute approximate surface area is 104 Å². The molecular formula is C12H16O4S. The van der Waals surface area contributed by atoms with E-state index in [1.165, 1.54) is 6.07 Å². The number of rotatable bonds is 6. The van der Waals surface area contributed by atoms with Gasteiger partial charge in [0.15, 0.2) is 0 Å². The van der Waals surface area contributed by atoms with Crippen molar-refractivity contribution in [2.24, 2.45) is 0 Å². The largest absolute Gasteiger partial charge is 0.477 e. The molecular weight excluding hydrogens is 240 g/mol. The van der Waals surface area contributed by atoms with E-state index in [9.17, 15) is 9.59 Å². The monoisotopic (exact) mass is 256 g/mol. The zero-order valence-electron chi connectivity index (χ0n) is 9.90.